The Labute approximate surface area is 121 Å². The van der Waals surface area contributed by atoms with E-state index in [1.54, 1.807) is 30.3 Å². The van der Waals surface area contributed by atoms with Crippen LogP contribution in [0.3, 0.4) is 0 Å². The number of ether oxygens (including phenoxy) is 1. The fourth-order valence-electron chi connectivity index (χ4n) is 1.74. The zero-order chi connectivity index (χ0) is 15.2. The summed E-state index contributed by atoms with van der Waals surface area (Å²) >= 11 is 0. The zero-order valence-electron chi connectivity index (χ0n) is 11.4. The molecular weight excluding hydrogens is 275 g/mol. The Bertz CT molecular complexity index is 629. The van der Waals surface area contributed by atoms with Gasteiger partial charge in [-0.15, -0.1) is 0 Å². The molecule has 0 aromatic heterocycles. The van der Waals surface area contributed by atoms with Gasteiger partial charge < -0.3 is 15.2 Å². The van der Waals surface area contributed by atoms with E-state index in [0.717, 1.165) is 5.69 Å². The first-order valence-corrected chi connectivity index (χ1v) is 6.25. The Morgan fingerprint density at radius 1 is 1.19 bits per heavy atom. The van der Waals surface area contributed by atoms with Crippen LogP contribution < -0.4 is 10.6 Å². The van der Waals surface area contributed by atoms with Gasteiger partial charge in [0.05, 0.1) is 7.11 Å². The van der Waals surface area contributed by atoms with Crippen molar-refractivity contribution in [3.05, 3.63) is 53.8 Å². The molecule has 0 fully saturated rings. The van der Waals surface area contributed by atoms with Crippen molar-refractivity contribution in [3.8, 4) is 5.75 Å². The maximum absolute atomic E-state index is 13.2. The van der Waals surface area contributed by atoms with Crippen LogP contribution in [-0.4, -0.2) is 18.3 Å². The number of para-hydroxylation sites is 1. The van der Waals surface area contributed by atoms with Gasteiger partial charge in [0.25, 0.3) is 0 Å². The van der Waals surface area contributed by atoms with E-state index in [4.69, 9.17) is 0 Å². The molecule has 5 nitrogen and oxygen atoms in total. The monoisotopic (exact) mass is 290 g/mol. The quantitative estimate of drug-likeness (QED) is 0.808. The number of amides is 1. The summed E-state index contributed by atoms with van der Waals surface area (Å²) in [6.45, 7) is 0.285. The van der Waals surface area contributed by atoms with Crippen LogP contribution in [-0.2, 0) is 11.3 Å². The first-order chi connectivity index (χ1) is 10.1. The van der Waals surface area contributed by atoms with E-state index in [-0.39, 0.29) is 12.3 Å². The molecule has 2 aromatic rings. The fraction of sp³-hybridized carbons (Fsp3) is 0.133. The van der Waals surface area contributed by atoms with Gasteiger partial charge in [-0.25, -0.2) is 9.18 Å². The number of methoxy groups -OCH3 is 1. The molecule has 2 rings (SSSR count). The lowest BCUT2D eigenvalue weighted by Gasteiger charge is -2.09. The normalized spacial score (nSPS) is 10.0. The van der Waals surface area contributed by atoms with Gasteiger partial charge in [0.2, 0.25) is 0 Å². The Balaban J connectivity index is 1.97. The average Bonchev–Trinajstić information content (AvgIpc) is 2.50. The van der Waals surface area contributed by atoms with E-state index in [9.17, 15) is 14.3 Å². The van der Waals surface area contributed by atoms with E-state index in [1.165, 1.54) is 19.2 Å². The van der Waals surface area contributed by atoms with Gasteiger partial charge in [-0.2, -0.15) is 0 Å². The van der Waals surface area contributed by atoms with E-state index >= 15 is 0 Å². The molecule has 0 aliphatic rings. The van der Waals surface area contributed by atoms with Crippen LogP contribution in [0.4, 0.5) is 20.6 Å². The molecule has 0 aliphatic carbocycles. The van der Waals surface area contributed by atoms with Crippen LogP contribution >= 0.6 is 0 Å². The largest absolute Gasteiger partial charge is 0.505 e. The zero-order valence-corrected chi connectivity index (χ0v) is 11.4. The summed E-state index contributed by atoms with van der Waals surface area (Å²) in [5.41, 5.74) is 1.84. The summed E-state index contributed by atoms with van der Waals surface area (Å²) in [5.74, 6) is -0.999. The van der Waals surface area contributed by atoms with Crippen molar-refractivity contribution < 1.29 is 19.0 Å². The minimum Gasteiger partial charge on any atom is -0.505 e. The van der Waals surface area contributed by atoms with E-state index in [1.807, 2.05) is 0 Å². The molecule has 2 aromatic carbocycles. The van der Waals surface area contributed by atoms with Gasteiger partial charge in [0.15, 0.2) is 11.6 Å². The molecule has 0 saturated carbocycles. The Morgan fingerprint density at radius 2 is 1.86 bits per heavy atom. The molecule has 0 saturated heterocycles. The predicted octanol–water partition coefficient (Wildman–Crippen LogP) is 3.32. The molecule has 0 spiro atoms. The summed E-state index contributed by atoms with van der Waals surface area (Å²) < 4.78 is 17.7. The Morgan fingerprint density at radius 3 is 2.52 bits per heavy atom. The van der Waals surface area contributed by atoms with E-state index in [0.29, 0.717) is 11.3 Å². The number of phenols is 1. The van der Waals surface area contributed by atoms with Gasteiger partial charge in [-0.05, 0) is 30.3 Å². The minimum absolute atomic E-state index is 0.285. The number of phenolic OH excluding ortho intramolecular Hbond substituents is 1. The molecule has 21 heavy (non-hydrogen) atoms. The lowest BCUT2D eigenvalue weighted by molar-refractivity contribution is 0.187. The summed E-state index contributed by atoms with van der Waals surface area (Å²) in [5, 5.41) is 15.2. The van der Waals surface area contributed by atoms with E-state index in [2.05, 4.69) is 15.4 Å². The van der Waals surface area contributed by atoms with Gasteiger partial charge in [0.1, 0.15) is 0 Å². The summed E-state index contributed by atoms with van der Waals surface area (Å²) in [4.78, 5) is 11.0. The van der Waals surface area contributed by atoms with Crippen LogP contribution in [0.5, 0.6) is 5.75 Å². The highest BCUT2D eigenvalue weighted by Crippen LogP contribution is 2.22. The van der Waals surface area contributed by atoms with Crippen molar-refractivity contribution in [2.75, 3.05) is 17.7 Å². The lowest BCUT2D eigenvalue weighted by atomic mass is 10.2. The number of carbonyl (C=O) groups excluding carboxylic acids is 1. The second kappa shape index (κ2) is 6.60. The summed E-state index contributed by atoms with van der Waals surface area (Å²) in [6.07, 6.45) is -0.541. The third kappa shape index (κ3) is 3.85. The van der Waals surface area contributed by atoms with Crippen molar-refractivity contribution in [2.24, 2.45) is 0 Å². The van der Waals surface area contributed by atoms with Gasteiger partial charge in [0, 0.05) is 23.5 Å². The predicted molar refractivity (Wildman–Crippen MR) is 77.9 cm³/mol. The number of anilines is 2. The smallest absolute Gasteiger partial charge is 0.411 e. The molecule has 1 amide bonds. The number of benzene rings is 2. The molecule has 0 radical (unpaired) electrons. The number of carbonyl (C=O) groups is 1. The number of hydrogen-bond donors (Lipinski definition) is 3. The third-order valence-corrected chi connectivity index (χ3v) is 2.87. The molecule has 0 unspecified atom stereocenters. The molecule has 6 heteroatoms. The Kier molecular flexibility index (Phi) is 4.61. The first-order valence-electron chi connectivity index (χ1n) is 6.25. The SMILES string of the molecule is COC(=O)Nc1ccc(NCc2cccc(F)c2O)cc1. The maximum atomic E-state index is 13.2. The molecule has 110 valence electrons. The highest BCUT2D eigenvalue weighted by atomic mass is 19.1. The van der Waals surface area contributed by atoms with E-state index < -0.39 is 11.9 Å². The van der Waals surface area contributed by atoms with Crippen LogP contribution in [0.1, 0.15) is 5.56 Å². The maximum Gasteiger partial charge on any atom is 0.411 e. The van der Waals surface area contributed by atoms with Crippen LogP contribution in [0.15, 0.2) is 42.5 Å². The third-order valence-electron chi connectivity index (χ3n) is 2.87. The van der Waals surface area contributed by atoms with Gasteiger partial charge >= 0.3 is 6.09 Å². The molecule has 0 heterocycles. The van der Waals surface area contributed by atoms with Crippen LogP contribution in [0.2, 0.25) is 0 Å². The first kappa shape index (κ1) is 14.6. The van der Waals surface area contributed by atoms with Gasteiger partial charge in [-0.3, -0.25) is 5.32 Å². The molecule has 0 atom stereocenters. The second-order valence-corrected chi connectivity index (χ2v) is 4.30. The highest BCUT2D eigenvalue weighted by Gasteiger charge is 2.06. The van der Waals surface area contributed by atoms with Gasteiger partial charge in [-0.1, -0.05) is 12.1 Å². The standard InChI is InChI=1S/C15H15FN2O3/c1-21-15(20)18-12-7-5-11(6-8-12)17-9-10-3-2-4-13(16)14(10)19/h2-8,17,19H,9H2,1H3,(H,18,20). The molecule has 3 N–H and O–H groups in total. The number of rotatable bonds is 4. The van der Waals surface area contributed by atoms with Crippen molar-refractivity contribution in [2.45, 2.75) is 6.54 Å². The molecule has 0 aliphatic heterocycles. The highest BCUT2D eigenvalue weighted by molar-refractivity contribution is 5.84. The van der Waals surface area contributed by atoms with Crippen LogP contribution in [0.25, 0.3) is 0 Å². The van der Waals surface area contributed by atoms with Crippen molar-refractivity contribution >= 4 is 17.5 Å². The minimum atomic E-state index is -0.646. The van der Waals surface area contributed by atoms with Crippen LogP contribution in [0, 0.1) is 5.82 Å². The van der Waals surface area contributed by atoms with Crippen molar-refractivity contribution in [3.63, 3.8) is 0 Å². The number of hydrogen-bond acceptors (Lipinski definition) is 4. The number of aromatic hydroxyl groups is 1. The molecule has 0 bridgehead atoms. The number of nitrogens with one attached hydrogen (secondary N) is 2. The average molecular weight is 290 g/mol. The fourth-order valence-corrected chi connectivity index (χ4v) is 1.74. The van der Waals surface area contributed by atoms with Crippen molar-refractivity contribution in [1.82, 2.24) is 0 Å². The lowest BCUT2D eigenvalue weighted by Crippen LogP contribution is -2.10. The topological polar surface area (TPSA) is 70.6 Å². The summed E-state index contributed by atoms with van der Waals surface area (Å²) in [6, 6.07) is 11.3. The number of halogens is 1. The summed E-state index contributed by atoms with van der Waals surface area (Å²) in [7, 11) is 1.29. The Hall–Kier alpha value is -2.76. The van der Waals surface area contributed by atoms with Crippen molar-refractivity contribution in [1.29, 1.82) is 0 Å². The second-order valence-electron chi connectivity index (χ2n) is 4.30. The molecular formula is C15H15FN2O3.